The molecular weight excluding hydrogens is 498 g/mol. The van der Waals surface area contributed by atoms with Crippen molar-refractivity contribution >= 4 is 40.4 Å². The lowest BCUT2D eigenvalue weighted by molar-refractivity contribution is -0.111. The van der Waals surface area contributed by atoms with Crippen LogP contribution in [0.3, 0.4) is 0 Å². The topological polar surface area (TPSA) is 129 Å². The van der Waals surface area contributed by atoms with Crippen LogP contribution in [0.15, 0.2) is 65.6 Å². The summed E-state index contributed by atoms with van der Waals surface area (Å²) in [4.78, 5) is 32.8. The van der Waals surface area contributed by atoms with Crippen molar-refractivity contribution in [2.24, 2.45) is 0 Å². The predicted octanol–water partition coefficient (Wildman–Crippen LogP) is 3.64. The van der Waals surface area contributed by atoms with Gasteiger partial charge in [-0.3, -0.25) is 14.6 Å². The molecule has 37 heavy (non-hydrogen) atoms. The Kier molecular flexibility index (Phi) is 5.46. The zero-order valence-corrected chi connectivity index (χ0v) is 20.1. The Morgan fingerprint density at radius 3 is 2.86 bits per heavy atom. The van der Waals surface area contributed by atoms with Crippen molar-refractivity contribution in [3.8, 4) is 23.1 Å². The van der Waals surface area contributed by atoms with Crippen LogP contribution in [0.1, 0.15) is 11.3 Å². The van der Waals surface area contributed by atoms with E-state index in [9.17, 15) is 9.59 Å². The van der Waals surface area contributed by atoms with Crippen LogP contribution in [0.2, 0.25) is 5.02 Å². The van der Waals surface area contributed by atoms with E-state index in [0.29, 0.717) is 44.8 Å². The van der Waals surface area contributed by atoms with Gasteiger partial charge in [0.15, 0.2) is 17.1 Å². The van der Waals surface area contributed by atoms with Crippen LogP contribution in [0.4, 0.5) is 5.82 Å². The first-order valence-electron chi connectivity index (χ1n) is 11.1. The van der Waals surface area contributed by atoms with Crippen molar-refractivity contribution < 1.29 is 14.3 Å². The fourth-order valence-corrected chi connectivity index (χ4v) is 4.10. The zero-order chi connectivity index (χ0) is 25.5. The lowest BCUT2D eigenvalue weighted by Gasteiger charge is -2.08. The van der Waals surface area contributed by atoms with Crippen molar-refractivity contribution in [3.63, 3.8) is 0 Å². The van der Waals surface area contributed by atoms with E-state index in [4.69, 9.17) is 21.1 Å². The summed E-state index contributed by atoms with van der Waals surface area (Å²) in [7, 11) is 0. The van der Waals surface area contributed by atoms with Crippen LogP contribution < -0.4 is 20.3 Å². The molecule has 0 aliphatic carbocycles. The molecule has 0 unspecified atom stereocenters. The molecule has 11 nitrogen and oxygen atoms in total. The third-order valence-electron chi connectivity index (χ3n) is 5.59. The highest BCUT2D eigenvalue weighted by atomic mass is 35.5. The monoisotopic (exact) mass is 515 g/mol. The highest BCUT2D eigenvalue weighted by Crippen LogP contribution is 2.32. The molecule has 2 aromatic carbocycles. The normalized spacial score (nSPS) is 12.5. The number of rotatable bonds is 5. The number of halogens is 1. The maximum atomic E-state index is 12.8. The second kappa shape index (κ2) is 8.95. The van der Waals surface area contributed by atoms with E-state index >= 15 is 0 Å². The van der Waals surface area contributed by atoms with Crippen LogP contribution in [0.5, 0.6) is 11.5 Å². The highest BCUT2D eigenvalue weighted by molar-refractivity contribution is 6.30. The fraction of sp³-hybridized carbons (Fsp3) is 0.0800. The molecule has 12 heteroatoms. The van der Waals surface area contributed by atoms with Gasteiger partial charge in [-0.15, -0.1) is 0 Å². The number of benzene rings is 2. The third kappa shape index (κ3) is 4.32. The lowest BCUT2D eigenvalue weighted by Crippen LogP contribution is -2.18. The van der Waals surface area contributed by atoms with Gasteiger partial charge in [-0.25, -0.2) is 4.68 Å². The Morgan fingerprint density at radius 2 is 2.00 bits per heavy atom. The molecule has 6 rings (SSSR count). The number of ether oxygens (including phenoxy) is 2. The summed E-state index contributed by atoms with van der Waals surface area (Å²) in [6.45, 7) is 1.94. The van der Waals surface area contributed by atoms with Gasteiger partial charge in [-0.2, -0.15) is 19.9 Å². The number of hydrogen-bond donors (Lipinski definition) is 2. The fourth-order valence-electron chi connectivity index (χ4n) is 3.91. The number of carbonyl (C=O) groups excluding carboxylic acids is 1. The SMILES string of the molecule is Cc1cc(NC(=O)/C=C\c2ccc3c(c2)OCO3)n(-c2nc3c(cnn3-c3cccc(Cl)c3)c(=O)[nH]2)n1. The van der Waals surface area contributed by atoms with Crippen molar-refractivity contribution in [2.75, 3.05) is 12.1 Å². The van der Waals surface area contributed by atoms with E-state index in [2.05, 4.69) is 25.5 Å². The average molecular weight is 516 g/mol. The molecule has 0 radical (unpaired) electrons. The first kappa shape index (κ1) is 22.6. The molecule has 0 saturated heterocycles. The number of aromatic amines is 1. The molecular formula is C25H18ClN7O4. The Hall–Kier alpha value is -4.90. The first-order chi connectivity index (χ1) is 17.9. The molecule has 0 spiro atoms. The summed E-state index contributed by atoms with van der Waals surface area (Å²) in [5.41, 5.74) is 1.94. The number of H-pyrrole nitrogens is 1. The van der Waals surface area contributed by atoms with E-state index in [0.717, 1.165) is 5.56 Å². The highest BCUT2D eigenvalue weighted by Gasteiger charge is 2.17. The van der Waals surface area contributed by atoms with Gasteiger partial charge < -0.3 is 14.8 Å². The summed E-state index contributed by atoms with van der Waals surface area (Å²) in [6, 6.07) is 14.1. The molecule has 4 heterocycles. The minimum absolute atomic E-state index is 0.115. The maximum Gasteiger partial charge on any atom is 0.263 e. The summed E-state index contributed by atoms with van der Waals surface area (Å²) in [6.07, 6.45) is 4.47. The van der Waals surface area contributed by atoms with E-state index in [1.165, 1.54) is 21.6 Å². The molecule has 0 bridgehead atoms. The van der Waals surface area contributed by atoms with Crippen LogP contribution in [-0.2, 0) is 4.79 Å². The predicted molar refractivity (Wildman–Crippen MR) is 137 cm³/mol. The Labute approximate surface area is 213 Å². The standard InChI is InChI=1S/C25H18ClN7O4/c1-14-9-21(28-22(34)8-6-15-5-7-19-20(10-15)37-13-36-19)33(31-14)25-29-23-18(24(35)30-25)12-27-32(23)17-4-2-3-16(26)11-17/h2-12H,13H2,1H3,(H,28,34)(H,29,30,35)/b8-6-. The van der Waals surface area contributed by atoms with Crippen LogP contribution in [0.25, 0.3) is 28.7 Å². The molecule has 0 atom stereocenters. The Balaban J connectivity index is 1.31. The summed E-state index contributed by atoms with van der Waals surface area (Å²) in [5.74, 6) is 1.33. The number of nitrogens with one attached hydrogen (secondary N) is 2. The van der Waals surface area contributed by atoms with Crippen molar-refractivity contribution in [3.05, 3.63) is 87.4 Å². The van der Waals surface area contributed by atoms with E-state index < -0.39 is 11.5 Å². The van der Waals surface area contributed by atoms with Crippen LogP contribution in [-0.4, -0.2) is 42.2 Å². The number of anilines is 1. The van der Waals surface area contributed by atoms with Crippen molar-refractivity contribution in [1.29, 1.82) is 0 Å². The molecule has 3 aromatic heterocycles. The van der Waals surface area contributed by atoms with Gasteiger partial charge in [0.1, 0.15) is 11.2 Å². The minimum Gasteiger partial charge on any atom is -0.454 e. The molecule has 1 aliphatic heterocycles. The molecule has 2 N–H and O–H groups in total. The Morgan fingerprint density at radius 1 is 1.14 bits per heavy atom. The summed E-state index contributed by atoms with van der Waals surface area (Å²) >= 11 is 6.13. The molecule has 184 valence electrons. The van der Waals surface area contributed by atoms with Crippen LogP contribution in [0, 0.1) is 6.92 Å². The van der Waals surface area contributed by atoms with Crippen LogP contribution >= 0.6 is 11.6 Å². The maximum absolute atomic E-state index is 12.8. The number of aryl methyl sites for hydroxylation is 1. The average Bonchev–Trinajstić information content (AvgIpc) is 3.60. The number of hydrogen-bond acceptors (Lipinski definition) is 7. The summed E-state index contributed by atoms with van der Waals surface area (Å²) in [5, 5.41) is 12.3. The largest absolute Gasteiger partial charge is 0.454 e. The quantitative estimate of drug-likeness (QED) is 0.342. The first-order valence-corrected chi connectivity index (χ1v) is 11.5. The van der Waals surface area contributed by atoms with Gasteiger partial charge in [0.05, 0.1) is 17.6 Å². The van der Waals surface area contributed by atoms with Gasteiger partial charge in [-0.05, 0) is 48.9 Å². The molecule has 5 aromatic rings. The van der Waals surface area contributed by atoms with Gasteiger partial charge >= 0.3 is 0 Å². The number of fused-ring (bicyclic) bond motifs is 2. The smallest absolute Gasteiger partial charge is 0.263 e. The molecule has 0 saturated carbocycles. The second-order valence-corrected chi connectivity index (χ2v) is 8.62. The van der Waals surface area contributed by atoms with Crippen molar-refractivity contribution in [1.82, 2.24) is 29.5 Å². The summed E-state index contributed by atoms with van der Waals surface area (Å²) < 4.78 is 13.5. The lowest BCUT2D eigenvalue weighted by atomic mass is 10.2. The van der Waals surface area contributed by atoms with Crippen molar-refractivity contribution in [2.45, 2.75) is 6.92 Å². The molecule has 0 fully saturated rings. The number of nitrogens with zero attached hydrogens (tertiary/aromatic N) is 5. The van der Waals surface area contributed by atoms with E-state index in [1.807, 2.05) is 6.07 Å². The minimum atomic E-state index is -0.401. The van der Waals surface area contributed by atoms with E-state index in [-0.39, 0.29) is 12.7 Å². The third-order valence-corrected chi connectivity index (χ3v) is 5.82. The van der Waals surface area contributed by atoms with Gasteiger partial charge in [0, 0.05) is 17.2 Å². The van der Waals surface area contributed by atoms with Gasteiger partial charge in [0.2, 0.25) is 18.6 Å². The van der Waals surface area contributed by atoms with E-state index in [1.54, 1.807) is 55.5 Å². The molecule has 1 amide bonds. The Bertz CT molecular complexity index is 1770. The van der Waals surface area contributed by atoms with Gasteiger partial charge in [-0.1, -0.05) is 23.7 Å². The number of aromatic nitrogens is 6. The zero-order valence-electron chi connectivity index (χ0n) is 19.3. The van der Waals surface area contributed by atoms with Gasteiger partial charge in [0.25, 0.3) is 5.56 Å². The number of carbonyl (C=O) groups is 1. The second-order valence-electron chi connectivity index (χ2n) is 8.18. The molecule has 1 aliphatic rings. The number of amides is 1.